The minimum atomic E-state index is -0.724. The van der Waals surface area contributed by atoms with Crippen LogP contribution in [0.3, 0.4) is 0 Å². The lowest BCUT2D eigenvalue weighted by Gasteiger charge is -2.13. The van der Waals surface area contributed by atoms with Gasteiger partial charge in [0.1, 0.15) is 5.82 Å². The second-order valence-corrected chi connectivity index (χ2v) is 5.79. The maximum atomic E-state index is 14.0. The minimum Gasteiger partial charge on any atom is -0.493 e. The fourth-order valence-corrected chi connectivity index (χ4v) is 2.74. The van der Waals surface area contributed by atoms with Crippen LogP contribution in [0.5, 0.6) is 17.2 Å². The van der Waals surface area contributed by atoms with Crippen LogP contribution in [0.25, 0.3) is 6.08 Å². The Morgan fingerprint density at radius 1 is 1.11 bits per heavy atom. The molecular weight excluding hydrogens is 377 g/mol. The van der Waals surface area contributed by atoms with Crippen molar-refractivity contribution in [3.63, 3.8) is 0 Å². The van der Waals surface area contributed by atoms with Gasteiger partial charge in [0.15, 0.2) is 17.2 Å². The number of hydrogen-bond donors (Lipinski definition) is 0. The van der Waals surface area contributed by atoms with Gasteiger partial charge in [0.2, 0.25) is 11.6 Å². The number of nitrogens with zero attached hydrogens (tertiary/aromatic N) is 1. The molecule has 1 aliphatic rings. The Labute approximate surface area is 159 Å². The summed E-state index contributed by atoms with van der Waals surface area (Å²) in [6.07, 6.45) is 1.24. The van der Waals surface area contributed by atoms with Crippen LogP contribution >= 0.6 is 11.6 Å². The molecule has 2 aromatic rings. The topological polar surface area (TPSA) is 66.4 Å². The number of carbonyl (C=O) groups is 1. The highest BCUT2D eigenvalue weighted by Crippen LogP contribution is 2.39. The van der Waals surface area contributed by atoms with E-state index in [-0.39, 0.29) is 22.2 Å². The summed E-state index contributed by atoms with van der Waals surface area (Å²) in [7, 11) is 4.41. The molecule has 0 aromatic heterocycles. The molecule has 0 amide bonds. The highest BCUT2D eigenvalue weighted by atomic mass is 35.5. The molecule has 27 heavy (non-hydrogen) atoms. The summed E-state index contributed by atoms with van der Waals surface area (Å²) in [6, 6.07) is 7.40. The molecule has 0 spiro atoms. The van der Waals surface area contributed by atoms with Crippen LogP contribution in [0.1, 0.15) is 11.1 Å². The second-order valence-electron chi connectivity index (χ2n) is 5.39. The zero-order chi connectivity index (χ0) is 19.6. The van der Waals surface area contributed by atoms with Gasteiger partial charge in [0, 0.05) is 11.1 Å². The lowest BCUT2D eigenvalue weighted by Crippen LogP contribution is -2.07. The van der Waals surface area contributed by atoms with E-state index in [9.17, 15) is 9.18 Å². The van der Waals surface area contributed by atoms with Gasteiger partial charge in [-0.15, -0.1) is 0 Å². The van der Waals surface area contributed by atoms with Crippen molar-refractivity contribution in [2.24, 2.45) is 4.99 Å². The van der Waals surface area contributed by atoms with Crippen LogP contribution < -0.4 is 14.2 Å². The molecule has 0 atom stereocenters. The average Bonchev–Trinajstić information content (AvgIpc) is 3.04. The summed E-state index contributed by atoms with van der Waals surface area (Å²) in [5.74, 6) is -0.127. The third-order valence-corrected chi connectivity index (χ3v) is 4.14. The Kier molecular flexibility index (Phi) is 5.32. The van der Waals surface area contributed by atoms with E-state index in [0.29, 0.717) is 22.8 Å². The first-order valence-corrected chi connectivity index (χ1v) is 8.13. The van der Waals surface area contributed by atoms with E-state index in [4.69, 9.17) is 30.5 Å². The number of halogens is 2. The van der Waals surface area contributed by atoms with E-state index in [1.165, 1.54) is 45.6 Å². The number of rotatable bonds is 5. The molecule has 0 unspecified atom stereocenters. The number of cyclic esters (lactones) is 1. The molecule has 8 heteroatoms. The highest BCUT2D eigenvalue weighted by molar-refractivity contribution is 6.32. The second kappa shape index (κ2) is 7.67. The summed E-state index contributed by atoms with van der Waals surface area (Å²) in [5.41, 5.74) is 0.410. The van der Waals surface area contributed by atoms with Crippen LogP contribution in [-0.2, 0) is 9.53 Å². The van der Waals surface area contributed by atoms with Crippen molar-refractivity contribution in [3.05, 3.63) is 58.0 Å². The van der Waals surface area contributed by atoms with Crippen molar-refractivity contribution in [3.8, 4) is 17.2 Å². The summed E-state index contributed by atoms with van der Waals surface area (Å²) in [4.78, 5) is 16.3. The lowest BCUT2D eigenvalue weighted by atomic mass is 10.1. The normalized spacial score (nSPS) is 14.8. The predicted octanol–water partition coefficient (Wildman–Crippen LogP) is 3.85. The molecule has 1 heterocycles. The largest absolute Gasteiger partial charge is 0.493 e. The summed E-state index contributed by atoms with van der Waals surface area (Å²) in [5, 5.41) is 0.159. The van der Waals surface area contributed by atoms with Gasteiger partial charge in [-0.05, 0) is 30.3 Å². The van der Waals surface area contributed by atoms with E-state index in [0.717, 1.165) is 0 Å². The van der Waals surface area contributed by atoms with Gasteiger partial charge in [-0.2, -0.15) is 0 Å². The van der Waals surface area contributed by atoms with Gasteiger partial charge in [0.25, 0.3) is 0 Å². The monoisotopic (exact) mass is 391 g/mol. The van der Waals surface area contributed by atoms with Gasteiger partial charge >= 0.3 is 5.97 Å². The van der Waals surface area contributed by atoms with E-state index in [1.54, 1.807) is 12.1 Å². The molecular formula is C19H15ClFNO5. The number of carbonyl (C=O) groups excluding carboxylic acids is 1. The molecule has 1 aliphatic heterocycles. The minimum absolute atomic E-state index is 0.0259. The number of hydrogen-bond acceptors (Lipinski definition) is 6. The van der Waals surface area contributed by atoms with Crippen molar-refractivity contribution in [1.82, 2.24) is 0 Å². The van der Waals surface area contributed by atoms with Crippen LogP contribution in [0.4, 0.5) is 4.39 Å². The number of esters is 1. The van der Waals surface area contributed by atoms with Crippen LogP contribution in [0, 0.1) is 5.82 Å². The number of ether oxygens (including phenoxy) is 4. The third-order valence-electron chi connectivity index (χ3n) is 3.81. The quantitative estimate of drug-likeness (QED) is 0.572. The van der Waals surface area contributed by atoms with Crippen LogP contribution in [0.2, 0.25) is 5.02 Å². The zero-order valence-electron chi connectivity index (χ0n) is 14.7. The van der Waals surface area contributed by atoms with Crippen molar-refractivity contribution < 1.29 is 28.1 Å². The van der Waals surface area contributed by atoms with Crippen molar-refractivity contribution >= 4 is 29.5 Å². The van der Waals surface area contributed by atoms with E-state index in [2.05, 4.69) is 4.99 Å². The van der Waals surface area contributed by atoms with Crippen molar-refractivity contribution in [2.75, 3.05) is 21.3 Å². The summed E-state index contributed by atoms with van der Waals surface area (Å²) in [6.45, 7) is 0. The Balaban J connectivity index is 2.05. The average molecular weight is 392 g/mol. The fraction of sp³-hybridized carbons (Fsp3) is 0.158. The van der Waals surface area contributed by atoms with E-state index >= 15 is 0 Å². The SMILES string of the molecule is COc1cc(C2=N/C(=C\c3c(F)cccc3Cl)C(=O)O2)cc(OC)c1OC. The lowest BCUT2D eigenvalue weighted by molar-refractivity contribution is -0.129. The van der Waals surface area contributed by atoms with Gasteiger partial charge in [0.05, 0.1) is 26.4 Å². The molecule has 3 rings (SSSR count). The maximum absolute atomic E-state index is 14.0. The highest BCUT2D eigenvalue weighted by Gasteiger charge is 2.27. The molecule has 0 bridgehead atoms. The van der Waals surface area contributed by atoms with Gasteiger partial charge in [-0.3, -0.25) is 0 Å². The molecule has 140 valence electrons. The first-order chi connectivity index (χ1) is 13.0. The Hall–Kier alpha value is -3.06. The van der Waals surface area contributed by atoms with E-state index in [1.807, 2.05) is 0 Å². The summed E-state index contributed by atoms with van der Waals surface area (Å²) >= 11 is 5.99. The molecule has 2 aromatic carbocycles. The summed E-state index contributed by atoms with van der Waals surface area (Å²) < 4.78 is 35.0. The Bertz CT molecular complexity index is 925. The fourth-order valence-electron chi connectivity index (χ4n) is 2.52. The Morgan fingerprint density at radius 3 is 2.33 bits per heavy atom. The number of benzene rings is 2. The Morgan fingerprint density at radius 2 is 1.78 bits per heavy atom. The number of methoxy groups -OCH3 is 3. The molecule has 0 saturated heterocycles. The van der Waals surface area contributed by atoms with Gasteiger partial charge in [-0.25, -0.2) is 14.2 Å². The maximum Gasteiger partial charge on any atom is 0.363 e. The standard InChI is InChI=1S/C19H15ClFNO5/c1-24-15-7-10(8-16(25-2)17(15)26-3)18-22-14(19(23)27-18)9-11-12(20)5-4-6-13(11)21/h4-9H,1-3H3/b14-9-. The van der Waals surface area contributed by atoms with Crippen LogP contribution in [0.15, 0.2) is 41.0 Å². The predicted molar refractivity (Wildman–Crippen MR) is 98.1 cm³/mol. The first-order valence-electron chi connectivity index (χ1n) is 7.75. The smallest absolute Gasteiger partial charge is 0.363 e. The zero-order valence-corrected chi connectivity index (χ0v) is 15.5. The van der Waals surface area contributed by atoms with Crippen molar-refractivity contribution in [1.29, 1.82) is 0 Å². The molecule has 6 nitrogen and oxygen atoms in total. The number of aliphatic imine (C=N–C) groups is 1. The third kappa shape index (κ3) is 3.59. The van der Waals surface area contributed by atoms with Gasteiger partial charge in [-0.1, -0.05) is 17.7 Å². The molecule has 0 aliphatic carbocycles. The first kappa shape index (κ1) is 18.7. The van der Waals surface area contributed by atoms with E-state index < -0.39 is 11.8 Å². The molecule has 0 saturated carbocycles. The molecule has 0 radical (unpaired) electrons. The van der Waals surface area contributed by atoms with Gasteiger partial charge < -0.3 is 18.9 Å². The van der Waals surface area contributed by atoms with Crippen molar-refractivity contribution in [2.45, 2.75) is 0 Å². The molecule has 0 N–H and O–H groups in total. The van der Waals surface area contributed by atoms with Crippen LogP contribution in [-0.4, -0.2) is 33.2 Å². The molecule has 0 fully saturated rings.